The van der Waals surface area contributed by atoms with Crippen molar-refractivity contribution in [1.82, 2.24) is 0 Å². The molecule has 5 heteroatoms. The first kappa shape index (κ1) is 27.2. The summed E-state index contributed by atoms with van der Waals surface area (Å²) in [6.07, 6.45) is 7.21. The molecule has 0 saturated heterocycles. The van der Waals surface area contributed by atoms with Gasteiger partial charge >= 0.3 is 0 Å². The van der Waals surface area contributed by atoms with Crippen LogP contribution in [0.15, 0.2) is 21.2 Å². The number of rotatable bonds is 9. The fraction of sp³-hybridized carbons (Fsp3) is 0.818. The third kappa shape index (κ3) is 8.64. The zero-order chi connectivity index (χ0) is 21.7. The molecule has 0 fully saturated rings. The molecule has 0 amide bonds. The van der Waals surface area contributed by atoms with E-state index < -0.39 is 16.6 Å². The molecule has 27 heavy (non-hydrogen) atoms. The lowest BCUT2D eigenvalue weighted by Gasteiger charge is -2.40. The first-order chi connectivity index (χ1) is 12.0. The van der Waals surface area contributed by atoms with E-state index in [0.29, 0.717) is 0 Å². The third-order valence-corrected chi connectivity index (χ3v) is 15.9. The van der Waals surface area contributed by atoms with E-state index in [0.717, 1.165) is 15.9 Å². The monoisotopic (exact) mass is 524 g/mol. The van der Waals surface area contributed by atoms with Crippen molar-refractivity contribution >= 4 is 39.2 Å². The summed E-state index contributed by atoms with van der Waals surface area (Å²) in [6.45, 7) is 27.4. The molecule has 0 rings (SSSR count). The Kier molecular flexibility index (Phi) is 10.4. The molecule has 0 heterocycles. The van der Waals surface area contributed by atoms with Crippen molar-refractivity contribution < 1.29 is 8.85 Å². The van der Waals surface area contributed by atoms with Gasteiger partial charge in [0.15, 0.2) is 9.53 Å². The van der Waals surface area contributed by atoms with Crippen LogP contribution in [0.25, 0.3) is 0 Å². The Bertz CT molecular complexity index is 535. The van der Waals surface area contributed by atoms with Crippen LogP contribution in [-0.2, 0) is 8.85 Å². The molecule has 0 aromatic carbocycles. The SMILES string of the molecule is CCCCCC=C(C)C(O[Si](C)(C)C(C)(C)C)=C(I)O[Si](C)(C)C(C)(C)C. The highest BCUT2D eigenvalue weighted by Crippen LogP contribution is 2.43. The summed E-state index contributed by atoms with van der Waals surface area (Å²) in [6, 6.07) is 0. The van der Waals surface area contributed by atoms with Crippen molar-refractivity contribution in [2.45, 2.75) is 117 Å². The van der Waals surface area contributed by atoms with E-state index in [1.54, 1.807) is 0 Å². The highest BCUT2D eigenvalue weighted by Gasteiger charge is 2.42. The maximum atomic E-state index is 6.78. The number of allylic oxidation sites excluding steroid dienone is 2. The zero-order valence-corrected chi connectivity index (χ0v) is 24.3. The molecule has 0 spiro atoms. The van der Waals surface area contributed by atoms with E-state index >= 15 is 0 Å². The topological polar surface area (TPSA) is 18.5 Å². The van der Waals surface area contributed by atoms with Gasteiger partial charge in [-0.2, -0.15) is 0 Å². The lowest BCUT2D eigenvalue weighted by Crippen LogP contribution is -2.42. The molecular weight excluding hydrogens is 479 g/mol. The summed E-state index contributed by atoms with van der Waals surface area (Å²) in [5.74, 6) is 0.975. The maximum Gasteiger partial charge on any atom is 0.251 e. The summed E-state index contributed by atoms with van der Waals surface area (Å²) in [7, 11) is -3.84. The van der Waals surface area contributed by atoms with Crippen molar-refractivity contribution in [3.8, 4) is 0 Å². The first-order valence-electron chi connectivity index (χ1n) is 10.4. The van der Waals surface area contributed by atoms with Gasteiger partial charge < -0.3 is 8.85 Å². The Hall–Kier alpha value is 0.244. The van der Waals surface area contributed by atoms with Gasteiger partial charge in [-0.3, -0.25) is 0 Å². The zero-order valence-electron chi connectivity index (χ0n) is 20.1. The second-order valence-corrected chi connectivity index (χ2v) is 21.1. The van der Waals surface area contributed by atoms with Gasteiger partial charge in [0.2, 0.25) is 0 Å². The number of hydrogen-bond donors (Lipinski definition) is 0. The van der Waals surface area contributed by atoms with Crippen LogP contribution >= 0.6 is 22.6 Å². The second-order valence-electron chi connectivity index (χ2n) is 10.7. The lowest BCUT2D eigenvalue weighted by atomic mass is 10.1. The van der Waals surface area contributed by atoms with Crippen molar-refractivity contribution in [2.24, 2.45) is 0 Å². The third-order valence-electron chi connectivity index (χ3n) is 6.11. The number of halogens is 1. The van der Waals surface area contributed by atoms with Crippen molar-refractivity contribution in [3.05, 3.63) is 21.2 Å². The van der Waals surface area contributed by atoms with Gasteiger partial charge in [0.05, 0.1) is 0 Å². The van der Waals surface area contributed by atoms with Gasteiger partial charge in [-0.05, 0) is 61.6 Å². The minimum Gasteiger partial charge on any atom is -0.541 e. The summed E-state index contributed by atoms with van der Waals surface area (Å²) in [5.41, 5.74) is 1.22. The quantitative estimate of drug-likeness (QED) is 0.0984. The molecule has 0 atom stereocenters. The molecule has 0 aliphatic heterocycles. The summed E-state index contributed by atoms with van der Waals surface area (Å²) >= 11 is 2.37. The molecule has 2 nitrogen and oxygen atoms in total. The fourth-order valence-corrected chi connectivity index (χ4v) is 6.22. The summed E-state index contributed by atoms with van der Waals surface area (Å²) in [5, 5.41) is 0.332. The molecule has 0 aliphatic rings. The molecule has 0 aromatic heterocycles. The average Bonchev–Trinajstić information content (AvgIpc) is 2.46. The molecule has 0 aliphatic carbocycles. The molecule has 160 valence electrons. The van der Waals surface area contributed by atoms with Crippen LogP contribution in [0.4, 0.5) is 0 Å². The standard InChI is InChI=1S/C22H45IO2Si2/c1-13-14-15-16-17-18(2)19(24-26(9,10)21(3,4)5)20(23)25-27(11,12)22(6,7)8/h17H,13-16H2,1-12H3. The number of hydrogen-bond acceptors (Lipinski definition) is 2. The Morgan fingerprint density at radius 2 is 1.30 bits per heavy atom. The smallest absolute Gasteiger partial charge is 0.251 e. The van der Waals surface area contributed by atoms with Gasteiger partial charge in [0.25, 0.3) is 16.6 Å². The molecule has 0 radical (unpaired) electrons. The van der Waals surface area contributed by atoms with Crippen LogP contribution < -0.4 is 0 Å². The van der Waals surface area contributed by atoms with E-state index in [2.05, 4.69) is 110 Å². The normalized spacial score (nSPS) is 15.5. The second kappa shape index (κ2) is 10.3. The summed E-state index contributed by atoms with van der Waals surface area (Å²) < 4.78 is 14.4. The van der Waals surface area contributed by atoms with Gasteiger partial charge in [0, 0.05) is 22.6 Å². The maximum absolute atomic E-state index is 6.78. The Morgan fingerprint density at radius 1 is 0.852 bits per heavy atom. The van der Waals surface area contributed by atoms with Crippen LogP contribution in [0.3, 0.4) is 0 Å². The Morgan fingerprint density at radius 3 is 1.70 bits per heavy atom. The van der Waals surface area contributed by atoms with E-state index in [1.807, 2.05) is 0 Å². The highest BCUT2D eigenvalue weighted by atomic mass is 127. The van der Waals surface area contributed by atoms with Gasteiger partial charge in [-0.1, -0.05) is 67.4 Å². The summed E-state index contributed by atoms with van der Waals surface area (Å²) in [4.78, 5) is 0. The van der Waals surface area contributed by atoms with Gasteiger partial charge in [-0.25, -0.2) is 0 Å². The molecule has 0 bridgehead atoms. The average molecular weight is 525 g/mol. The molecule has 0 N–H and O–H groups in total. The van der Waals surface area contributed by atoms with Crippen molar-refractivity contribution in [1.29, 1.82) is 0 Å². The van der Waals surface area contributed by atoms with E-state index in [-0.39, 0.29) is 10.1 Å². The van der Waals surface area contributed by atoms with Crippen LogP contribution in [-0.4, -0.2) is 16.6 Å². The predicted molar refractivity (Wildman–Crippen MR) is 136 cm³/mol. The van der Waals surface area contributed by atoms with Crippen LogP contribution in [0.5, 0.6) is 0 Å². The Balaban J connectivity index is 5.90. The van der Waals surface area contributed by atoms with Gasteiger partial charge in [0.1, 0.15) is 0 Å². The highest BCUT2D eigenvalue weighted by molar-refractivity contribution is 14.1. The van der Waals surface area contributed by atoms with Crippen molar-refractivity contribution in [3.63, 3.8) is 0 Å². The largest absolute Gasteiger partial charge is 0.541 e. The van der Waals surface area contributed by atoms with E-state index in [9.17, 15) is 0 Å². The van der Waals surface area contributed by atoms with E-state index in [4.69, 9.17) is 8.85 Å². The molecule has 0 saturated carbocycles. The lowest BCUT2D eigenvalue weighted by molar-refractivity contribution is 0.347. The molecule has 0 aromatic rings. The molecule has 0 unspecified atom stereocenters. The van der Waals surface area contributed by atoms with Crippen LogP contribution in [0.1, 0.15) is 81.1 Å². The van der Waals surface area contributed by atoms with Gasteiger partial charge in [-0.15, -0.1) is 0 Å². The Labute approximate surface area is 186 Å². The van der Waals surface area contributed by atoms with Crippen LogP contribution in [0, 0.1) is 0 Å². The van der Waals surface area contributed by atoms with E-state index in [1.165, 1.54) is 24.8 Å². The fourth-order valence-electron chi connectivity index (χ4n) is 1.91. The first-order valence-corrected chi connectivity index (χ1v) is 17.3. The van der Waals surface area contributed by atoms with Crippen molar-refractivity contribution in [2.75, 3.05) is 0 Å². The minimum atomic E-state index is -1.94. The predicted octanol–water partition coefficient (Wildman–Crippen LogP) is 9.16. The molecular formula is C22H45IO2Si2. The van der Waals surface area contributed by atoms with Crippen LogP contribution in [0.2, 0.25) is 36.3 Å². The minimum absolute atomic E-state index is 0.161. The number of unbranched alkanes of at least 4 members (excludes halogenated alkanes) is 3.